The number of esters is 1. The van der Waals surface area contributed by atoms with Crippen LogP contribution in [0.2, 0.25) is 0 Å². The van der Waals surface area contributed by atoms with Crippen molar-refractivity contribution in [3.8, 4) is 17.2 Å². The molecule has 2 aromatic carbocycles. The minimum atomic E-state index is -0.523. The number of amides is 1. The molecule has 130 valence electrons. The number of hydrogen-bond acceptors (Lipinski definition) is 6. The lowest BCUT2D eigenvalue weighted by Gasteiger charge is -2.08. The van der Waals surface area contributed by atoms with Gasteiger partial charge in [-0.1, -0.05) is 12.1 Å². The monoisotopic (exact) mass is 343 g/mol. The molecule has 2 aromatic rings. The Morgan fingerprint density at radius 3 is 2.60 bits per heavy atom. The third-order valence-corrected chi connectivity index (χ3v) is 3.59. The average Bonchev–Trinajstić information content (AvgIpc) is 3.12. The molecular formula is C18H17NO6. The smallest absolute Gasteiger partial charge is 0.325 e. The van der Waals surface area contributed by atoms with E-state index in [4.69, 9.17) is 18.9 Å². The molecule has 7 nitrogen and oxygen atoms in total. The van der Waals surface area contributed by atoms with E-state index in [9.17, 15) is 9.59 Å². The summed E-state index contributed by atoms with van der Waals surface area (Å²) in [5, 5.41) is 2.51. The molecule has 25 heavy (non-hydrogen) atoms. The molecule has 0 aromatic heterocycles. The molecule has 0 radical (unpaired) electrons. The second-order valence-electron chi connectivity index (χ2n) is 5.26. The lowest BCUT2D eigenvalue weighted by molar-refractivity contribution is -0.143. The summed E-state index contributed by atoms with van der Waals surface area (Å²) in [7, 11) is 1.58. The van der Waals surface area contributed by atoms with E-state index in [0.717, 1.165) is 11.3 Å². The van der Waals surface area contributed by atoms with Gasteiger partial charge in [0.15, 0.2) is 11.5 Å². The van der Waals surface area contributed by atoms with Crippen LogP contribution in [0.4, 0.5) is 0 Å². The average molecular weight is 343 g/mol. The normalized spacial score (nSPS) is 11.7. The molecule has 0 aliphatic carbocycles. The van der Waals surface area contributed by atoms with Gasteiger partial charge in [0.05, 0.1) is 7.11 Å². The number of rotatable bonds is 6. The molecule has 1 heterocycles. The van der Waals surface area contributed by atoms with Gasteiger partial charge in [0.1, 0.15) is 18.9 Å². The molecule has 1 N–H and O–H groups in total. The van der Waals surface area contributed by atoms with Gasteiger partial charge in [-0.15, -0.1) is 0 Å². The Hall–Kier alpha value is -3.22. The van der Waals surface area contributed by atoms with Crippen molar-refractivity contribution in [1.29, 1.82) is 0 Å². The fraction of sp³-hybridized carbons (Fsp3) is 0.222. The number of carbonyl (C=O) groups excluding carboxylic acids is 2. The lowest BCUT2D eigenvalue weighted by atomic mass is 10.2. The molecule has 1 aliphatic rings. The fourth-order valence-corrected chi connectivity index (χ4v) is 2.23. The van der Waals surface area contributed by atoms with Crippen molar-refractivity contribution in [1.82, 2.24) is 5.32 Å². The van der Waals surface area contributed by atoms with Crippen molar-refractivity contribution in [2.24, 2.45) is 0 Å². The van der Waals surface area contributed by atoms with Gasteiger partial charge in [-0.25, -0.2) is 0 Å². The highest BCUT2D eigenvalue weighted by molar-refractivity contribution is 5.96. The second kappa shape index (κ2) is 7.57. The Kier molecular flexibility index (Phi) is 5.03. The SMILES string of the molecule is COc1ccc(COC(=O)CNC(=O)c2ccc3c(c2)OCO3)cc1. The van der Waals surface area contributed by atoms with Crippen LogP contribution in [-0.2, 0) is 16.1 Å². The predicted molar refractivity (Wildman–Crippen MR) is 87.7 cm³/mol. The number of hydrogen-bond donors (Lipinski definition) is 1. The Morgan fingerprint density at radius 2 is 1.84 bits per heavy atom. The summed E-state index contributed by atoms with van der Waals surface area (Å²) in [6.45, 7) is 0.0459. The van der Waals surface area contributed by atoms with Crippen LogP contribution in [0.3, 0.4) is 0 Å². The summed E-state index contributed by atoms with van der Waals surface area (Å²) >= 11 is 0. The maximum Gasteiger partial charge on any atom is 0.325 e. The third kappa shape index (κ3) is 4.20. The lowest BCUT2D eigenvalue weighted by Crippen LogP contribution is -2.30. The first kappa shape index (κ1) is 16.6. The second-order valence-corrected chi connectivity index (χ2v) is 5.26. The van der Waals surface area contributed by atoms with Crippen LogP contribution in [-0.4, -0.2) is 32.3 Å². The maximum atomic E-state index is 12.1. The predicted octanol–water partition coefficient (Wildman–Crippen LogP) is 1.90. The molecule has 0 fully saturated rings. The van der Waals surface area contributed by atoms with Gasteiger partial charge in [-0.3, -0.25) is 9.59 Å². The minimum Gasteiger partial charge on any atom is -0.497 e. The topological polar surface area (TPSA) is 83.1 Å². The van der Waals surface area contributed by atoms with Gasteiger partial charge in [0.25, 0.3) is 5.91 Å². The van der Waals surface area contributed by atoms with E-state index in [1.165, 1.54) is 0 Å². The Balaban J connectivity index is 1.46. The highest BCUT2D eigenvalue weighted by Gasteiger charge is 2.16. The zero-order valence-corrected chi connectivity index (χ0v) is 13.6. The van der Waals surface area contributed by atoms with Gasteiger partial charge in [-0.2, -0.15) is 0 Å². The minimum absolute atomic E-state index is 0.128. The molecular weight excluding hydrogens is 326 g/mol. The highest BCUT2D eigenvalue weighted by atomic mass is 16.7. The molecule has 1 aliphatic heterocycles. The van der Waals surface area contributed by atoms with Crippen LogP contribution < -0.4 is 19.5 Å². The third-order valence-electron chi connectivity index (χ3n) is 3.59. The largest absolute Gasteiger partial charge is 0.497 e. The molecule has 0 spiro atoms. The van der Waals surface area contributed by atoms with Gasteiger partial charge in [-0.05, 0) is 35.9 Å². The standard InChI is InChI=1S/C18H17NO6/c1-22-14-5-2-12(3-6-14)10-23-17(20)9-19-18(21)13-4-7-15-16(8-13)25-11-24-15/h2-8H,9-11H2,1H3,(H,19,21). The van der Waals surface area contributed by atoms with Crippen LogP contribution >= 0.6 is 0 Å². The number of carbonyl (C=O) groups is 2. The first-order chi connectivity index (χ1) is 12.2. The van der Waals surface area contributed by atoms with Crippen molar-refractivity contribution >= 4 is 11.9 Å². The molecule has 0 saturated carbocycles. The maximum absolute atomic E-state index is 12.1. The van der Waals surface area contributed by atoms with E-state index in [-0.39, 0.29) is 25.9 Å². The summed E-state index contributed by atoms with van der Waals surface area (Å²) in [5.74, 6) is 0.917. The van der Waals surface area contributed by atoms with Gasteiger partial charge in [0, 0.05) is 5.56 Å². The molecule has 1 amide bonds. The van der Waals surface area contributed by atoms with Gasteiger partial charge >= 0.3 is 5.97 Å². The van der Waals surface area contributed by atoms with Crippen LogP contribution in [0, 0.1) is 0 Å². The van der Waals surface area contributed by atoms with E-state index in [1.807, 2.05) is 0 Å². The van der Waals surface area contributed by atoms with Gasteiger partial charge < -0.3 is 24.3 Å². The van der Waals surface area contributed by atoms with E-state index in [0.29, 0.717) is 17.1 Å². The molecule has 0 saturated heterocycles. The van der Waals surface area contributed by atoms with Crippen LogP contribution in [0.25, 0.3) is 0 Å². The van der Waals surface area contributed by atoms with Gasteiger partial charge in [0.2, 0.25) is 6.79 Å². The zero-order chi connectivity index (χ0) is 17.6. The molecule has 0 atom stereocenters. The van der Waals surface area contributed by atoms with Crippen molar-refractivity contribution in [3.63, 3.8) is 0 Å². The number of ether oxygens (including phenoxy) is 4. The number of benzene rings is 2. The van der Waals surface area contributed by atoms with Crippen molar-refractivity contribution in [2.75, 3.05) is 20.4 Å². The summed E-state index contributed by atoms with van der Waals surface area (Å²) < 4.78 is 20.6. The Morgan fingerprint density at radius 1 is 1.08 bits per heavy atom. The molecule has 0 bridgehead atoms. The Labute approximate surface area is 144 Å². The molecule has 3 rings (SSSR count). The molecule has 7 heteroatoms. The van der Waals surface area contributed by atoms with Crippen LogP contribution in [0.5, 0.6) is 17.2 Å². The fourth-order valence-electron chi connectivity index (χ4n) is 2.23. The first-order valence-corrected chi connectivity index (χ1v) is 7.62. The zero-order valence-electron chi connectivity index (χ0n) is 13.6. The van der Waals surface area contributed by atoms with E-state index in [1.54, 1.807) is 49.6 Å². The summed E-state index contributed by atoms with van der Waals surface area (Å²) in [6, 6.07) is 12.0. The summed E-state index contributed by atoms with van der Waals surface area (Å²) in [4.78, 5) is 23.8. The van der Waals surface area contributed by atoms with E-state index in [2.05, 4.69) is 5.32 Å². The Bertz CT molecular complexity index is 772. The highest BCUT2D eigenvalue weighted by Crippen LogP contribution is 2.32. The van der Waals surface area contributed by atoms with Crippen molar-refractivity contribution in [2.45, 2.75) is 6.61 Å². The van der Waals surface area contributed by atoms with E-state index < -0.39 is 5.97 Å². The van der Waals surface area contributed by atoms with Crippen molar-refractivity contribution < 1.29 is 28.5 Å². The number of nitrogens with one attached hydrogen (secondary N) is 1. The number of methoxy groups -OCH3 is 1. The summed E-state index contributed by atoms with van der Waals surface area (Å²) in [6.07, 6.45) is 0. The first-order valence-electron chi connectivity index (χ1n) is 7.62. The number of fused-ring (bicyclic) bond motifs is 1. The molecule has 0 unspecified atom stereocenters. The van der Waals surface area contributed by atoms with E-state index >= 15 is 0 Å². The van der Waals surface area contributed by atoms with Crippen LogP contribution in [0.1, 0.15) is 15.9 Å². The summed E-state index contributed by atoms with van der Waals surface area (Å²) in [5.41, 5.74) is 1.21. The van der Waals surface area contributed by atoms with Crippen molar-refractivity contribution in [3.05, 3.63) is 53.6 Å². The quantitative estimate of drug-likeness (QED) is 0.807. The van der Waals surface area contributed by atoms with Crippen LogP contribution in [0.15, 0.2) is 42.5 Å².